The van der Waals surface area contributed by atoms with Gasteiger partial charge in [-0.15, -0.1) is 0 Å². The van der Waals surface area contributed by atoms with E-state index in [-0.39, 0.29) is 17.4 Å². The molecule has 0 saturated carbocycles. The SMILES string of the molecule is CN1C(=O)C(=Cc2ccc(N3c4ccccc4[Te]c4ccccc43)[te]2)C(=O)N(C)C1=[Te]. The average molecular weight is 750 g/mol. The number of amides is 2. The number of rotatable bonds is 2. The van der Waals surface area contributed by atoms with E-state index in [1.807, 2.05) is 6.08 Å². The second kappa shape index (κ2) is 8.53. The molecule has 31 heavy (non-hydrogen) atoms. The number of carbonyl (C=O) groups excluding carboxylic acids is 2. The second-order valence-corrected chi connectivity index (χ2v) is 14.4. The first-order valence-electron chi connectivity index (χ1n) is 9.53. The minimum absolute atomic E-state index is 0.232. The fourth-order valence-corrected chi connectivity index (χ4v) is 9.88. The third kappa shape index (κ3) is 3.75. The van der Waals surface area contributed by atoms with Crippen molar-refractivity contribution in [2.75, 3.05) is 19.0 Å². The van der Waals surface area contributed by atoms with E-state index in [1.165, 1.54) is 22.3 Å². The monoisotopic (exact) mass is 757 g/mol. The predicted octanol–water partition coefficient (Wildman–Crippen LogP) is 0.751. The summed E-state index contributed by atoms with van der Waals surface area (Å²) in [6.45, 7) is 0. The molecule has 1 aromatic heterocycles. The van der Waals surface area contributed by atoms with Crippen molar-refractivity contribution in [2.24, 2.45) is 0 Å². The van der Waals surface area contributed by atoms with Crippen molar-refractivity contribution in [3.8, 4) is 0 Å². The summed E-state index contributed by atoms with van der Waals surface area (Å²) >= 11 is 0.533. The van der Waals surface area contributed by atoms with Gasteiger partial charge in [-0.1, -0.05) is 0 Å². The van der Waals surface area contributed by atoms with Crippen LogP contribution < -0.4 is 12.1 Å². The zero-order chi connectivity index (χ0) is 21.7. The van der Waals surface area contributed by atoms with Gasteiger partial charge in [0.2, 0.25) is 0 Å². The van der Waals surface area contributed by atoms with Gasteiger partial charge in [-0.3, -0.25) is 0 Å². The van der Waals surface area contributed by atoms with E-state index in [9.17, 15) is 9.59 Å². The molecule has 154 valence electrons. The van der Waals surface area contributed by atoms with Gasteiger partial charge in [-0.2, -0.15) is 0 Å². The summed E-state index contributed by atoms with van der Waals surface area (Å²) in [5, 5.41) is 0. The molecule has 0 aliphatic carbocycles. The molecule has 5 rings (SSSR count). The van der Waals surface area contributed by atoms with E-state index in [4.69, 9.17) is 0 Å². The van der Waals surface area contributed by atoms with Crippen LogP contribution in [-0.2, 0) is 9.59 Å². The summed E-state index contributed by atoms with van der Waals surface area (Å²) < 4.78 is 5.92. The van der Waals surface area contributed by atoms with E-state index in [0.717, 1.165) is 3.58 Å². The molecule has 1 fully saturated rings. The molecule has 3 heterocycles. The molecule has 2 aromatic carbocycles. The van der Waals surface area contributed by atoms with Crippen molar-refractivity contribution in [3.63, 3.8) is 0 Å². The summed E-state index contributed by atoms with van der Waals surface area (Å²) in [5.41, 5.74) is 2.80. The zero-order valence-corrected chi connectivity index (χ0v) is 23.7. The first-order chi connectivity index (χ1) is 15.0. The molecule has 0 radical (unpaired) electrons. The molecule has 2 amide bonds. The number of anilines is 3. The molecule has 8 heteroatoms. The fraction of sp³-hybridized carbons (Fsp3) is 0.0870. The minimum atomic E-state index is -0.754. The van der Waals surface area contributed by atoms with Crippen molar-refractivity contribution >= 4 is 107 Å². The summed E-state index contributed by atoms with van der Waals surface area (Å²) in [5.74, 6) is -0.464. The number of fused-ring (bicyclic) bond motifs is 2. The number of hydrogen-bond acceptors (Lipinski definition) is 3. The van der Waals surface area contributed by atoms with E-state index in [2.05, 4.69) is 65.6 Å². The molecule has 5 nitrogen and oxygen atoms in total. The van der Waals surface area contributed by atoms with Gasteiger partial charge in [0.25, 0.3) is 0 Å². The Bertz CT molecular complexity index is 1210. The Morgan fingerprint density at radius 2 is 1.35 bits per heavy atom. The Labute approximate surface area is 213 Å². The molecule has 0 bridgehead atoms. The van der Waals surface area contributed by atoms with Crippen LogP contribution in [0.5, 0.6) is 0 Å². The van der Waals surface area contributed by atoms with E-state index >= 15 is 0 Å². The van der Waals surface area contributed by atoms with Crippen LogP contribution in [0, 0.1) is 0 Å². The number of nitrogens with zero attached hydrogens (tertiary/aromatic N) is 3. The molecule has 1 saturated heterocycles. The zero-order valence-electron chi connectivity index (χ0n) is 16.7. The number of benzene rings is 2. The summed E-state index contributed by atoms with van der Waals surface area (Å²) in [6, 6.07) is 21.6. The van der Waals surface area contributed by atoms with Crippen LogP contribution in [0.1, 0.15) is 3.58 Å². The van der Waals surface area contributed by atoms with Gasteiger partial charge in [-0.25, -0.2) is 0 Å². The van der Waals surface area contributed by atoms with Crippen molar-refractivity contribution in [3.05, 3.63) is 69.8 Å². The van der Waals surface area contributed by atoms with Gasteiger partial charge in [0, 0.05) is 0 Å². The maximum absolute atomic E-state index is 12.7. The van der Waals surface area contributed by atoms with Gasteiger partial charge < -0.3 is 0 Å². The molecule has 2 aliphatic heterocycles. The third-order valence-corrected chi connectivity index (χ3v) is 12.9. The summed E-state index contributed by atoms with van der Waals surface area (Å²) in [4.78, 5) is 31.0. The Hall–Kier alpha value is -1.36. The van der Waals surface area contributed by atoms with Crippen molar-refractivity contribution < 1.29 is 9.59 Å². The van der Waals surface area contributed by atoms with Crippen molar-refractivity contribution in [1.29, 1.82) is 0 Å². The second-order valence-electron chi connectivity index (χ2n) is 7.12. The normalized spacial score (nSPS) is 15.9. The summed E-state index contributed by atoms with van der Waals surface area (Å²) in [6.07, 6.45) is 1.81. The number of likely N-dealkylation sites (N-methyl/N-ethyl adjacent to an activating group) is 2. The summed E-state index contributed by atoms with van der Waals surface area (Å²) in [7, 11) is 3.43. The fourth-order valence-electron chi connectivity index (χ4n) is 3.60. The predicted molar refractivity (Wildman–Crippen MR) is 127 cm³/mol. The molecular weight excluding hydrogens is 733 g/mol. The molecule has 0 spiro atoms. The van der Waals surface area contributed by atoms with Gasteiger partial charge in [0.05, 0.1) is 0 Å². The Balaban J connectivity index is 1.57. The van der Waals surface area contributed by atoms with Crippen LogP contribution >= 0.6 is 0 Å². The molecule has 3 aromatic rings. The van der Waals surface area contributed by atoms with Crippen LogP contribution in [0.15, 0.2) is 66.2 Å². The van der Waals surface area contributed by atoms with Crippen LogP contribution in [0.4, 0.5) is 15.1 Å². The third-order valence-electron chi connectivity index (χ3n) is 5.20. The maximum atomic E-state index is 12.7. The van der Waals surface area contributed by atoms with E-state index in [0.29, 0.717) is 3.80 Å². The Morgan fingerprint density at radius 3 is 1.94 bits per heavy atom. The Kier molecular flexibility index (Phi) is 5.91. The molecule has 0 atom stereocenters. The number of hydrogen-bond donors (Lipinski definition) is 0. The first kappa shape index (κ1) is 21.5. The van der Waals surface area contributed by atoms with Crippen LogP contribution in [0.2, 0.25) is 0 Å². The molecule has 0 N–H and O–H groups in total. The first-order valence-corrected chi connectivity index (χ1v) is 15.4. The standard InChI is InChI=1S/C23H17N3O2Te3/c1-24-21(27)15(22(28)25(2)23(24)29)13-14-11-12-20(30-14)26-16-7-3-5-9-18(16)31-19-10-6-4-8-17(19)26/h3-13H,1-2H3. The van der Waals surface area contributed by atoms with E-state index in [1.54, 1.807) is 45.7 Å². The average Bonchev–Trinajstić information content (AvgIpc) is 3.25. The van der Waals surface area contributed by atoms with Crippen LogP contribution in [0.25, 0.3) is 6.08 Å². The quantitative estimate of drug-likeness (QED) is 0.173. The molecule has 2 aliphatic rings. The van der Waals surface area contributed by atoms with Gasteiger partial charge in [0.15, 0.2) is 0 Å². The van der Waals surface area contributed by atoms with Crippen molar-refractivity contribution in [2.45, 2.75) is 0 Å². The Morgan fingerprint density at radius 1 is 0.806 bits per heavy atom. The van der Waals surface area contributed by atoms with Gasteiger partial charge in [0.1, 0.15) is 0 Å². The van der Waals surface area contributed by atoms with Gasteiger partial charge >= 0.3 is 215 Å². The molecule has 0 unspecified atom stereocenters. The number of para-hydroxylation sites is 2. The number of carbonyl (C=O) groups is 2. The topological polar surface area (TPSA) is 43.9 Å². The van der Waals surface area contributed by atoms with Crippen LogP contribution in [0.3, 0.4) is 0 Å². The van der Waals surface area contributed by atoms with Gasteiger partial charge in [-0.05, 0) is 0 Å². The van der Waals surface area contributed by atoms with Crippen LogP contribution in [-0.4, -0.2) is 103 Å². The van der Waals surface area contributed by atoms with Crippen molar-refractivity contribution in [1.82, 2.24) is 9.80 Å². The van der Waals surface area contributed by atoms with E-state index < -0.39 is 41.4 Å². The molecular formula is C23H17N3O2Te3.